The molecule has 0 bridgehead atoms. The van der Waals surface area contributed by atoms with Gasteiger partial charge in [0.25, 0.3) is 0 Å². The van der Waals surface area contributed by atoms with Crippen LogP contribution in [0.1, 0.15) is 24.4 Å². The van der Waals surface area contributed by atoms with Crippen LogP contribution in [-0.2, 0) is 6.54 Å². The summed E-state index contributed by atoms with van der Waals surface area (Å²) in [6.07, 6.45) is 0. The minimum atomic E-state index is 0.188. The maximum Gasteiger partial charge on any atom is 0.0798 e. The molecular formula is C11H21N3S. The maximum absolute atomic E-state index is 5.72. The first-order chi connectivity index (χ1) is 6.94. The van der Waals surface area contributed by atoms with Crippen LogP contribution < -0.4 is 5.73 Å². The quantitative estimate of drug-likeness (QED) is 0.835. The molecular weight excluding hydrogens is 206 g/mol. The maximum atomic E-state index is 5.72. The van der Waals surface area contributed by atoms with Crippen LogP contribution >= 0.6 is 11.3 Å². The first-order valence-electron chi connectivity index (χ1n) is 5.22. The Morgan fingerprint density at radius 1 is 1.53 bits per heavy atom. The first-order valence-corrected chi connectivity index (χ1v) is 6.10. The second kappa shape index (κ2) is 5.05. The molecule has 1 aromatic heterocycles. The third kappa shape index (κ3) is 3.89. The molecule has 2 N–H and O–H groups in total. The predicted molar refractivity (Wildman–Crippen MR) is 66.0 cm³/mol. The van der Waals surface area contributed by atoms with Crippen molar-refractivity contribution in [3.63, 3.8) is 0 Å². The zero-order valence-corrected chi connectivity index (χ0v) is 10.9. The van der Waals surface area contributed by atoms with E-state index in [1.807, 2.05) is 5.51 Å². The summed E-state index contributed by atoms with van der Waals surface area (Å²) in [5.74, 6) is 0. The zero-order chi connectivity index (χ0) is 11.5. The standard InChI is InChI=1S/C11H21N3S/c1-9-10(15-8-13-9)5-14(4)7-11(2,3)6-12/h8H,5-7,12H2,1-4H3. The molecule has 15 heavy (non-hydrogen) atoms. The van der Waals surface area contributed by atoms with Crippen LogP contribution in [0.5, 0.6) is 0 Å². The SMILES string of the molecule is Cc1ncsc1CN(C)CC(C)(C)CN. The number of hydrogen-bond donors (Lipinski definition) is 1. The van der Waals surface area contributed by atoms with E-state index in [0.717, 1.165) is 25.3 Å². The summed E-state index contributed by atoms with van der Waals surface area (Å²) >= 11 is 1.73. The minimum Gasteiger partial charge on any atom is -0.330 e. The van der Waals surface area contributed by atoms with Gasteiger partial charge in [0.15, 0.2) is 0 Å². The highest BCUT2D eigenvalue weighted by Crippen LogP contribution is 2.18. The van der Waals surface area contributed by atoms with Gasteiger partial charge in [-0.3, -0.25) is 0 Å². The van der Waals surface area contributed by atoms with Gasteiger partial charge in [-0.2, -0.15) is 0 Å². The summed E-state index contributed by atoms with van der Waals surface area (Å²) in [5, 5.41) is 0. The van der Waals surface area contributed by atoms with Crippen LogP contribution in [-0.4, -0.2) is 30.0 Å². The molecule has 0 saturated heterocycles. The van der Waals surface area contributed by atoms with Gasteiger partial charge in [-0.1, -0.05) is 13.8 Å². The normalized spacial score (nSPS) is 12.4. The van der Waals surface area contributed by atoms with Crippen molar-refractivity contribution in [3.05, 3.63) is 16.1 Å². The van der Waals surface area contributed by atoms with E-state index in [4.69, 9.17) is 5.73 Å². The Morgan fingerprint density at radius 3 is 2.67 bits per heavy atom. The van der Waals surface area contributed by atoms with Crippen molar-refractivity contribution in [1.29, 1.82) is 0 Å². The molecule has 0 radical (unpaired) electrons. The molecule has 1 aromatic rings. The Hall–Kier alpha value is -0.450. The molecule has 0 saturated carbocycles. The molecule has 0 aliphatic carbocycles. The first kappa shape index (κ1) is 12.6. The Balaban J connectivity index is 2.50. The summed E-state index contributed by atoms with van der Waals surface area (Å²) in [5.41, 5.74) is 8.97. The van der Waals surface area contributed by atoms with E-state index >= 15 is 0 Å². The molecule has 0 spiro atoms. The summed E-state index contributed by atoms with van der Waals surface area (Å²) in [4.78, 5) is 7.92. The number of aromatic nitrogens is 1. The van der Waals surface area contributed by atoms with E-state index in [1.165, 1.54) is 4.88 Å². The molecule has 86 valence electrons. The van der Waals surface area contributed by atoms with E-state index in [9.17, 15) is 0 Å². The highest BCUT2D eigenvalue weighted by Gasteiger charge is 2.18. The average Bonchev–Trinajstić information content (AvgIpc) is 2.51. The van der Waals surface area contributed by atoms with E-state index in [1.54, 1.807) is 11.3 Å². The number of aryl methyl sites for hydroxylation is 1. The van der Waals surface area contributed by atoms with Crippen molar-refractivity contribution < 1.29 is 0 Å². The van der Waals surface area contributed by atoms with Crippen molar-refractivity contribution in [2.45, 2.75) is 27.3 Å². The number of nitrogens with zero attached hydrogens (tertiary/aromatic N) is 2. The highest BCUT2D eigenvalue weighted by molar-refractivity contribution is 7.09. The molecule has 0 unspecified atom stereocenters. The Morgan fingerprint density at radius 2 is 2.20 bits per heavy atom. The fraction of sp³-hybridized carbons (Fsp3) is 0.727. The van der Waals surface area contributed by atoms with Gasteiger partial charge >= 0.3 is 0 Å². The zero-order valence-electron chi connectivity index (χ0n) is 10.1. The Kier molecular flexibility index (Phi) is 4.25. The summed E-state index contributed by atoms with van der Waals surface area (Å²) in [7, 11) is 2.14. The van der Waals surface area contributed by atoms with Gasteiger partial charge < -0.3 is 10.6 Å². The molecule has 4 heteroatoms. The predicted octanol–water partition coefficient (Wildman–Crippen LogP) is 1.87. The molecule has 0 fully saturated rings. The van der Waals surface area contributed by atoms with Crippen molar-refractivity contribution >= 4 is 11.3 Å². The lowest BCUT2D eigenvalue weighted by molar-refractivity contribution is 0.211. The smallest absolute Gasteiger partial charge is 0.0798 e. The molecule has 0 aliphatic heterocycles. The van der Waals surface area contributed by atoms with Gasteiger partial charge in [0.05, 0.1) is 11.2 Å². The van der Waals surface area contributed by atoms with E-state index in [-0.39, 0.29) is 5.41 Å². The van der Waals surface area contributed by atoms with Crippen molar-refractivity contribution in [2.24, 2.45) is 11.1 Å². The summed E-state index contributed by atoms with van der Waals surface area (Å²) < 4.78 is 0. The van der Waals surface area contributed by atoms with Gasteiger partial charge in [-0.15, -0.1) is 11.3 Å². The molecule has 3 nitrogen and oxygen atoms in total. The Labute approximate surface area is 96.3 Å². The average molecular weight is 227 g/mol. The molecule has 0 aromatic carbocycles. The van der Waals surface area contributed by atoms with E-state index in [0.29, 0.717) is 0 Å². The van der Waals surface area contributed by atoms with Crippen molar-refractivity contribution in [3.8, 4) is 0 Å². The fourth-order valence-corrected chi connectivity index (χ4v) is 2.43. The van der Waals surface area contributed by atoms with Gasteiger partial charge in [0, 0.05) is 18.0 Å². The van der Waals surface area contributed by atoms with Gasteiger partial charge in [0.2, 0.25) is 0 Å². The van der Waals surface area contributed by atoms with Crippen LogP contribution in [0, 0.1) is 12.3 Å². The number of thiazole rings is 1. The van der Waals surface area contributed by atoms with Crippen LogP contribution in [0.2, 0.25) is 0 Å². The monoisotopic (exact) mass is 227 g/mol. The lowest BCUT2D eigenvalue weighted by atomic mass is 9.93. The van der Waals surface area contributed by atoms with Crippen LogP contribution in [0.25, 0.3) is 0 Å². The van der Waals surface area contributed by atoms with Crippen molar-refractivity contribution in [2.75, 3.05) is 20.1 Å². The van der Waals surface area contributed by atoms with Crippen LogP contribution in [0.4, 0.5) is 0 Å². The van der Waals surface area contributed by atoms with E-state index in [2.05, 4.69) is 37.7 Å². The molecule has 0 aliphatic rings. The van der Waals surface area contributed by atoms with Gasteiger partial charge in [-0.25, -0.2) is 4.98 Å². The molecule has 0 atom stereocenters. The second-order valence-corrected chi connectivity index (χ2v) is 5.84. The number of rotatable bonds is 5. The highest BCUT2D eigenvalue weighted by atomic mass is 32.1. The third-order valence-corrected chi connectivity index (χ3v) is 3.43. The summed E-state index contributed by atoms with van der Waals surface area (Å²) in [6, 6.07) is 0. The molecule has 0 amide bonds. The Bertz CT molecular complexity index is 307. The minimum absolute atomic E-state index is 0.188. The third-order valence-electron chi connectivity index (χ3n) is 2.51. The van der Waals surface area contributed by atoms with E-state index < -0.39 is 0 Å². The largest absolute Gasteiger partial charge is 0.330 e. The number of hydrogen-bond acceptors (Lipinski definition) is 4. The lowest BCUT2D eigenvalue weighted by Gasteiger charge is -2.28. The fourth-order valence-electron chi connectivity index (χ4n) is 1.57. The number of nitrogens with two attached hydrogens (primary N) is 1. The second-order valence-electron chi connectivity index (χ2n) is 4.90. The molecule has 1 rings (SSSR count). The van der Waals surface area contributed by atoms with Crippen molar-refractivity contribution in [1.82, 2.24) is 9.88 Å². The lowest BCUT2D eigenvalue weighted by Crippen LogP contribution is -2.36. The van der Waals surface area contributed by atoms with Gasteiger partial charge in [0.1, 0.15) is 0 Å². The van der Waals surface area contributed by atoms with Crippen LogP contribution in [0.3, 0.4) is 0 Å². The van der Waals surface area contributed by atoms with Crippen LogP contribution in [0.15, 0.2) is 5.51 Å². The summed E-state index contributed by atoms with van der Waals surface area (Å²) in [6.45, 7) is 9.17. The van der Waals surface area contributed by atoms with Gasteiger partial charge in [-0.05, 0) is 25.9 Å². The molecule has 1 heterocycles. The topological polar surface area (TPSA) is 42.2 Å².